The zero-order chi connectivity index (χ0) is 19.4. The van der Waals surface area contributed by atoms with E-state index in [4.69, 9.17) is 4.74 Å². The third kappa shape index (κ3) is 4.52. The number of carbonyl (C=O) groups is 2. The van der Waals surface area contributed by atoms with Gasteiger partial charge in [-0.3, -0.25) is 14.5 Å². The first-order chi connectivity index (χ1) is 13.0. The van der Waals surface area contributed by atoms with Gasteiger partial charge in [-0.1, -0.05) is 18.2 Å². The van der Waals surface area contributed by atoms with Crippen molar-refractivity contribution in [2.75, 3.05) is 18.6 Å². The van der Waals surface area contributed by atoms with Crippen molar-refractivity contribution in [3.8, 4) is 5.75 Å². The molecule has 2 aromatic rings. The topological polar surface area (TPSA) is 58.6 Å². The third-order valence-electron chi connectivity index (χ3n) is 4.31. The molecule has 0 spiro atoms. The molecule has 1 aliphatic rings. The summed E-state index contributed by atoms with van der Waals surface area (Å²) in [4.78, 5) is 26.5. The first-order valence-corrected chi connectivity index (χ1v) is 9.59. The molecule has 0 aromatic heterocycles. The van der Waals surface area contributed by atoms with Gasteiger partial charge in [0.2, 0.25) is 0 Å². The molecule has 140 valence electrons. The van der Waals surface area contributed by atoms with Gasteiger partial charge in [-0.25, -0.2) is 0 Å². The molecule has 1 fully saturated rings. The number of imide groups is 1. The molecule has 2 amide bonds. The van der Waals surface area contributed by atoms with Gasteiger partial charge < -0.3 is 10.1 Å². The number of ether oxygens (including phenoxy) is 1. The molecule has 0 saturated carbocycles. The van der Waals surface area contributed by atoms with Gasteiger partial charge in [0, 0.05) is 5.69 Å². The van der Waals surface area contributed by atoms with E-state index in [1.54, 1.807) is 6.08 Å². The maximum absolute atomic E-state index is 12.6. The van der Waals surface area contributed by atoms with E-state index in [1.807, 2.05) is 63.2 Å². The van der Waals surface area contributed by atoms with E-state index in [1.165, 1.54) is 10.5 Å². The van der Waals surface area contributed by atoms with Crippen molar-refractivity contribution >= 4 is 34.7 Å². The van der Waals surface area contributed by atoms with Crippen molar-refractivity contribution in [2.24, 2.45) is 0 Å². The average molecular weight is 382 g/mol. The lowest BCUT2D eigenvalue weighted by atomic mass is 10.1. The number of benzene rings is 2. The third-order valence-corrected chi connectivity index (χ3v) is 5.22. The molecule has 2 aromatic carbocycles. The minimum absolute atomic E-state index is 0.147. The second-order valence-corrected chi connectivity index (χ2v) is 7.24. The van der Waals surface area contributed by atoms with Crippen molar-refractivity contribution < 1.29 is 14.3 Å². The van der Waals surface area contributed by atoms with Gasteiger partial charge in [-0.15, -0.1) is 0 Å². The van der Waals surface area contributed by atoms with E-state index in [0.717, 1.165) is 34.3 Å². The molecule has 1 heterocycles. The van der Waals surface area contributed by atoms with Crippen molar-refractivity contribution in [1.82, 2.24) is 4.90 Å². The normalized spacial score (nSPS) is 15.5. The van der Waals surface area contributed by atoms with Crippen LogP contribution in [0.15, 0.2) is 47.4 Å². The minimum Gasteiger partial charge on any atom is -0.494 e. The van der Waals surface area contributed by atoms with Gasteiger partial charge in [0.15, 0.2) is 0 Å². The fourth-order valence-electron chi connectivity index (χ4n) is 2.64. The minimum atomic E-state index is -0.282. The zero-order valence-corrected chi connectivity index (χ0v) is 16.4. The number of thioether (sulfide) groups is 1. The van der Waals surface area contributed by atoms with Crippen LogP contribution in [0.2, 0.25) is 0 Å². The van der Waals surface area contributed by atoms with Crippen LogP contribution >= 0.6 is 11.8 Å². The van der Waals surface area contributed by atoms with Gasteiger partial charge >= 0.3 is 0 Å². The van der Waals surface area contributed by atoms with Crippen LogP contribution in [0, 0.1) is 13.8 Å². The molecular formula is C21H22N2O3S. The van der Waals surface area contributed by atoms with Crippen molar-refractivity contribution in [1.29, 1.82) is 0 Å². The summed E-state index contributed by atoms with van der Waals surface area (Å²) < 4.78 is 5.41. The Labute approximate surface area is 163 Å². The van der Waals surface area contributed by atoms with E-state index in [9.17, 15) is 9.59 Å². The van der Waals surface area contributed by atoms with Crippen LogP contribution < -0.4 is 10.1 Å². The Morgan fingerprint density at radius 2 is 1.81 bits per heavy atom. The summed E-state index contributed by atoms with van der Waals surface area (Å²) in [5.41, 5.74) is 4.09. The lowest BCUT2D eigenvalue weighted by Gasteiger charge is -2.15. The molecule has 0 aliphatic carbocycles. The molecule has 3 rings (SSSR count). The smallest absolute Gasteiger partial charge is 0.295 e. The Hall–Kier alpha value is -2.73. The predicted octanol–water partition coefficient (Wildman–Crippen LogP) is 4.81. The molecule has 5 nitrogen and oxygen atoms in total. The summed E-state index contributed by atoms with van der Waals surface area (Å²) in [6, 6.07) is 13.4. The summed E-state index contributed by atoms with van der Waals surface area (Å²) in [5, 5.41) is 2.88. The first kappa shape index (κ1) is 19.0. The summed E-state index contributed by atoms with van der Waals surface area (Å²) in [5.74, 6) is 0.496. The number of amides is 2. The Bertz CT molecular complexity index is 891. The van der Waals surface area contributed by atoms with E-state index >= 15 is 0 Å². The van der Waals surface area contributed by atoms with Crippen molar-refractivity contribution in [3.63, 3.8) is 0 Å². The molecule has 1 N–H and O–H groups in total. The van der Waals surface area contributed by atoms with E-state index in [0.29, 0.717) is 11.5 Å². The van der Waals surface area contributed by atoms with E-state index in [2.05, 4.69) is 5.32 Å². The second kappa shape index (κ2) is 8.31. The number of hydrogen-bond donors (Lipinski definition) is 1. The lowest BCUT2D eigenvalue weighted by Crippen LogP contribution is -2.33. The molecular weight excluding hydrogens is 360 g/mol. The van der Waals surface area contributed by atoms with Crippen LogP contribution in [0.5, 0.6) is 5.75 Å². The standard InChI is InChI=1S/C21H22N2O3S/c1-4-26-18-9-6-16(7-10-18)12-19-20(24)23(21(25)27-19)13-22-17-8-5-14(2)15(3)11-17/h5-12,22H,4,13H2,1-3H3/b19-12-. The highest BCUT2D eigenvalue weighted by molar-refractivity contribution is 8.18. The Kier molecular flexibility index (Phi) is 5.86. The number of aryl methyl sites for hydroxylation is 2. The highest BCUT2D eigenvalue weighted by Gasteiger charge is 2.34. The van der Waals surface area contributed by atoms with Crippen LogP contribution in [0.4, 0.5) is 10.5 Å². The molecule has 0 bridgehead atoms. The second-order valence-electron chi connectivity index (χ2n) is 6.25. The SMILES string of the molecule is CCOc1ccc(/C=C2\SC(=O)N(CNc3ccc(C)c(C)c3)C2=O)cc1. The lowest BCUT2D eigenvalue weighted by molar-refractivity contribution is -0.122. The van der Waals surface area contributed by atoms with Crippen molar-refractivity contribution in [3.05, 3.63) is 64.1 Å². The number of nitrogens with one attached hydrogen (secondary N) is 1. The molecule has 1 saturated heterocycles. The Morgan fingerprint density at radius 3 is 2.48 bits per heavy atom. The summed E-state index contributed by atoms with van der Waals surface area (Å²) >= 11 is 0.959. The van der Waals surface area contributed by atoms with E-state index in [-0.39, 0.29) is 17.8 Å². The maximum Gasteiger partial charge on any atom is 0.295 e. The van der Waals surface area contributed by atoms with Gasteiger partial charge in [0.05, 0.1) is 18.2 Å². The molecule has 1 aliphatic heterocycles. The number of nitrogens with zero attached hydrogens (tertiary/aromatic N) is 1. The summed E-state index contributed by atoms with van der Waals surface area (Å²) in [7, 11) is 0. The first-order valence-electron chi connectivity index (χ1n) is 8.77. The summed E-state index contributed by atoms with van der Waals surface area (Å²) in [6.45, 7) is 6.75. The highest BCUT2D eigenvalue weighted by atomic mass is 32.2. The zero-order valence-electron chi connectivity index (χ0n) is 15.6. The number of rotatable bonds is 6. The number of carbonyl (C=O) groups excluding carboxylic acids is 2. The molecule has 6 heteroatoms. The average Bonchev–Trinajstić information content (AvgIpc) is 2.91. The monoisotopic (exact) mass is 382 g/mol. The fraction of sp³-hybridized carbons (Fsp3) is 0.238. The molecule has 27 heavy (non-hydrogen) atoms. The number of hydrogen-bond acceptors (Lipinski definition) is 5. The van der Waals surface area contributed by atoms with Gasteiger partial charge in [-0.2, -0.15) is 0 Å². The fourth-order valence-corrected chi connectivity index (χ4v) is 3.47. The van der Waals surface area contributed by atoms with Gasteiger partial charge in [-0.05, 0) is 79.6 Å². The number of anilines is 1. The predicted molar refractivity (Wildman–Crippen MR) is 110 cm³/mol. The molecule has 0 radical (unpaired) electrons. The van der Waals surface area contributed by atoms with Crippen LogP contribution in [-0.2, 0) is 4.79 Å². The Morgan fingerprint density at radius 1 is 1.07 bits per heavy atom. The highest BCUT2D eigenvalue weighted by Crippen LogP contribution is 2.32. The quantitative estimate of drug-likeness (QED) is 0.727. The van der Waals surface area contributed by atoms with Gasteiger partial charge in [0.25, 0.3) is 11.1 Å². The van der Waals surface area contributed by atoms with Crippen LogP contribution in [-0.4, -0.2) is 29.3 Å². The molecule has 0 atom stereocenters. The Balaban J connectivity index is 1.67. The van der Waals surface area contributed by atoms with Crippen molar-refractivity contribution in [2.45, 2.75) is 20.8 Å². The van der Waals surface area contributed by atoms with Gasteiger partial charge in [0.1, 0.15) is 5.75 Å². The van der Waals surface area contributed by atoms with Crippen LogP contribution in [0.3, 0.4) is 0 Å². The largest absolute Gasteiger partial charge is 0.494 e. The molecule has 0 unspecified atom stereocenters. The van der Waals surface area contributed by atoms with Crippen LogP contribution in [0.1, 0.15) is 23.6 Å². The summed E-state index contributed by atoms with van der Waals surface area (Å²) in [6.07, 6.45) is 1.73. The van der Waals surface area contributed by atoms with Crippen LogP contribution in [0.25, 0.3) is 6.08 Å². The van der Waals surface area contributed by atoms with E-state index < -0.39 is 0 Å². The maximum atomic E-state index is 12.6.